The molecule has 1 unspecified atom stereocenters. The van der Waals surface area contributed by atoms with Crippen LogP contribution in [0.15, 0.2) is 22.7 Å². The zero-order chi connectivity index (χ0) is 12.8. The summed E-state index contributed by atoms with van der Waals surface area (Å²) < 4.78 is 0.574. The predicted molar refractivity (Wildman–Crippen MR) is 73.7 cm³/mol. The lowest BCUT2D eigenvalue weighted by Crippen LogP contribution is -2.01. The minimum atomic E-state index is -0.377. The number of benzene rings is 1. The molecule has 0 amide bonds. The molecule has 0 aliphatic carbocycles. The van der Waals surface area contributed by atoms with Crippen molar-refractivity contribution in [3.63, 3.8) is 0 Å². The average Bonchev–Trinajstić information content (AvgIpc) is 2.27. The van der Waals surface area contributed by atoms with E-state index in [1.807, 2.05) is 6.07 Å². The van der Waals surface area contributed by atoms with Gasteiger partial charge in [0.15, 0.2) is 0 Å². The summed E-state index contributed by atoms with van der Waals surface area (Å²) >= 11 is 9.42. The fraction of sp³-hybridized carbons (Fsp3) is 0.500. The van der Waals surface area contributed by atoms with Gasteiger partial charge in [-0.3, -0.25) is 10.1 Å². The number of alkyl halides is 1. The van der Waals surface area contributed by atoms with Crippen LogP contribution in [0.3, 0.4) is 0 Å². The van der Waals surface area contributed by atoms with Crippen LogP contribution in [0.1, 0.15) is 31.7 Å². The number of nitro groups is 1. The maximum absolute atomic E-state index is 10.8. The van der Waals surface area contributed by atoms with Crippen molar-refractivity contribution < 1.29 is 4.92 Å². The van der Waals surface area contributed by atoms with Gasteiger partial charge in [-0.2, -0.15) is 0 Å². The fourth-order valence-corrected chi connectivity index (χ4v) is 2.60. The fourth-order valence-electron chi connectivity index (χ4n) is 1.67. The summed E-state index contributed by atoms with van der Waals surface area (Å²) in [4.78, 5) is 10.4. The Morgan fingerprint density at radius 1 is 1.47 bits per heavy atom. The van der Waals surface area contributed by atoms with Crippen molar-refractivity contribution in [2.75, 3.05) is 0 Å². The van der Waals surface area contributed by atoms with Crippen LogP contribution in [0, 0.1) is 10.1 Å². The lowest BCUT2D eigenvalue weighted by molar-refractivity contribution is -0.385. The molecule has 3 nitrogen and oxygen atoms in total. The van der Waals surface area contributed by atoms with Crippen LogP contribution >= 0.6 is 27.5 Å². The lowest BCUT2D eigenvalue weighted by Gasteiger charge is -2.09. The third-order valence-electron chi connectivity index (χ3n) is 2.58. The van der Waals surface area contributed by atoms with Crippen molar-refractivity contribution in [1.82, 2.24) is 0 Å². The monoisotopic (exact) mass is 319 g/mol. The van der Waals surface area contributed by atoms with E-state index < -0.39 is 0 Å². The summed E-state index contributed by atoms with van der Waals surface area (Å²) in [6.45, 7) is 2.10. The Morgan fingerprint density at radius 2 is 2.18 bits per heavy atom. The Balaban J connectivity index is 2.72. The standard InChI is InChI=1S/C12H15BrClNO2/c1-2-4-10(14)8-7-9-5-3-6-11(12(9)13)15(16)17/h3,5-6,10H,2,4,7-8H2,1H3. The van der Waals surface area contributed by atoms with Gasteiger partial charge in [0, 0.05) is 11.4 Å². The Morgan fingerprint density at radius 3 is 2.76 bits per heavy atom. The van der Waals surface area contributed by atoms with Crippen LogP contribution in [0.25, 0.3) is 0 Å². The number of nitrogens with zero attached hydrogens (tertiary/aromatic N) is 1. The molecule has 1 rings (SSSR count). The summed E-state index contributed by atoms with van der Waals surface area (Å²) in [6, 6.07) is 5.10. The van der Waals surface area contributed by atoms with E-state index in [2.05, 4.69) is 22.9 Å². The van der Waals surface area contributed by atoms with Gasteiger partial charge in [-0.1, -0.05) is 25.5 Å². The van der Waals surface area contributed by atoms with E-state index in [4.69, 9.17) is 11.6 Å². The van der Waals surface area contributed by atoms with Crippen molar-refractivity contribution >= 4 is 33.2 Å². The molecule has 0 radical (unpaired) electrons. The predicted octanol–water partition coefficient (Wildman–Crippen LogP) is 4.70. The minimum Gasteiger partial charge on any atom is -0.258 e. The van der Waals surface area contributed by atoms with Crippen LogP contribution in [0.2, 0.25) is 0 Å². The van der Waals surface area contributed by atoms with E-state index in [9.17, 15) is 10.1 Å². The zero-order valence-corrected chi connectivity index (χ0v) is 12.0. The van der Waals surface area contributed by atoms with E-state index in [0.717, 1.165) is 31.2 Å². The van der Waals surface area contributed by atoms with Gasteiger partial charge in [0.2, 0.25) is 0 Å². The number of aryl methyl sites for hydroxylation is 1. The van der Waals surface area contributed by atoms with Gasteiger partial charge in [-0.05, 0) is 40.8 Å². The maximum Gasteiger partial charge on any atom is 0.283 e. The first-order chi connectivity index (χ1) is 8.06. The molecule has 1 aromatic rings. The van der Waals surface area contributed by atoms with Crippen LogP contribution < -0.4 is 0 Å². The number of hydrogen-bond acceptors (Lipinski definition) is 2. The molecule has 0 saturated carbocycles. The molecule has 0 fully saturated rings. The molecule has 0 aliphatic rings. The molecule has 0 aliphatic heterocycles. The van der Waals surface area contributed by atoms with E-state index in [1.54, 1.807) is 6.07 Å². The van der Waals surface area contributed by atoms with Crippen LogP contribution in [-0.4, -0.2) is 10.3 Å². The summed E-state index contributed by atoms with van der Waals surface area (Å²) in [5.74, 6) is 0. The molecule has 1 aromatic carbocycles. The number of halogens is 2. The Labute approximate surface area is 114 Å². The van der Waals surface area contributed by atoms with Crippen molar-refractivity contribution in [3.05, 3.63) is 38.3 Å². The molecule has 17 heavy (non-hydrogen) atoms. The summed E-state index contributed by atoms with van der Waals surface area (Å²) in [5.41, 5.74) is 1.06. The molecule has 0 spiro atoms. The van der Waals surface area contributed by atoms with Gasteiger partial charge in [-0.25, -0.2) is 0 Å². The van der Waals surface area contributed by atoms with E-state index >= 15 is 0 Å². The first kappa shape index (κ1) is 14.5. The number of nitro benzene ring substituents is 1. The highest BCUT2D eigenvalue weighted by molar-refractivity contribution is 9.10. The lowest BCUT2D eigenvalue weighted by atomic mass is 10.1. The number of rotatable bonds is 6. The van der Waals surface area contributed by atoms with Gasteiger partial charge in [0.1, 0.15) is 0 Å². The van der Waals surface area contributed by atoms with Crippen LogP contribution in [0.5, 0.6) is 0 Å². The molecule has 0 heterocycles. The topological polar surface area (TPSA) is 43.1 Å². The first-order valence-corrected chi connectivity index (χ1v) is 6.85. The van der Waals surface area contributed by atoms with Crippen molar-refractivity contribution in [2.45, 2.75) is 38.0 Å². The van der Waals surface area contributed by atoms with Gasteiger partial charge in [0.05, 0.1) is 9.40 Å². The van der Waals surface area contributed by atoms with E-state index in [0.29, 0.717) is 4.47 Å². The Bertz CT molecular complexity index is 398. The normalized spacial score (nSPS) is 12.4. The quantitative estimate of drug-likeness (QED) is 0.433. The second-order valence-corrected chi connectivity index (χ2v) is 5.34. The molecule has 0 aromatic heterocycles. The largest absolute Gasteiger partial charge is 0.283 e. The van der Waals surface area contributed by atoms with Crippen LogP contribution in [0.4, 0.5) is 5.69 Å². The van der Waals surface area contributed by atoms with E-state index in [-0.39, 0.29) is 16.0 Å². The van der Waals surface area contributed by atoms with Gasteiger partial charge in [-0.15, -0.1) is 11.6 Å². The Hall–Kier alpha value is -0.610. The summed E-state index contributed by atoms with van der Waals surface area (Å²) in [5, 5.41) is 10.9. The summed E-state index contributed by atoms with van der Waals surface area (Å²) in [7, 11) is 0. The van der Waals surface area contributed by atoms with Gasteiger partial charge in [0.25, 0.3) is 5.69 Å². The van der Waals surface area contributed by atoms with Gasteiger partial charge < -0.3 is 0 Å². The molecule has 94 valence electrons. The molecular formula is C12H15BrClNO2. The second kappa shape index (κ2) is 6.97. The smallest absolute Gasteiger partial charge is 0.258 e. The molecule has 0 saturated heterocycles. The number of hydrogen-bond donors (Lipinski definition) is 0. The minimum absolute atomic E-state index is 0.115. The first-order valence-electron chi connectivity index (χ1n) is 5.62. The highest BCUT2D eigenvalue weighted by Crippen LogP contribution is 2.29. The third kappa shape index (κ3) is 4.28. The SMILES string of the molecule is CCCC(Cl)CCc1cccc([N+](=O)[O-])c1Br. The highest BCUT2D eigenvalue weighted by atomic mass is 79.9. The van der Waals surface area contributed by atoms with Crippen molar-refractivity contribution in [2.24, 2.45) is 0 Å². The molecule has 1 atom stereocenters. The molecule has 0 N–H and O–H groups in total. The average molecular weight is 321 g/mol. The van der Waals surface area contributed by atoms with Crippen molar-refractivity contribution in [1.29, 1.82) is 0 Å². The maximum atomic E-state index is 10.8. The molecular weight excluding hydrogens is 305 g/mol. The zero-order valence-electron chi connectivity index (χ0n) is 9.66. The van der Waals surface area contributed by atoms with Crippen LogP contribution in [-0.2, 0) is 6.42 Å². The Kier molecular flexibility index (Phi) is 5.92. The van der Waals surface area contributed by atoms with Crippen molar-refractivity contribution in [3.8, 4) is 0 Å². The summed E-state index contributed by atoms with van der Waals surface area (Å²) in [6.07, 6.45) is 3.64. The second-order valence-electron chi connectivity index (χ2n) is 3.93. The molecule has 5 heteroatoms. The van der Waals surface area contributed by atoms with Gasteiger partial charge >= 0.3 is 0 Å². The highest BCUT2D eigenvalue weighted by Gasteiger charge is 2.15. The third-order valence-corrected chi connectivity index (χ3v) is 3.94. The molecule has 0 bridgehead atoms. The van der Waals surface area contributed by atoms with E-state index in [1.165, 1.54) is 6.07 Å².